The van der Waals surface area contributed by atoms with Gasteiger partial charge in [0.2, 0.25) is 0 Å². The van der Waals surface area contributed by atoms with E-state index in [1.165, 1.54) is 6.20 Å². The molecule has 0 saturated carbocycles. The quantitative estimate of drug-likeness (QED) is 0.652. The smallest absolute Gasteiger partial charge is 0.156 e. The maximum atomic E-state index is 9.25. The molecule has 1 aromatic heterocycles. The Labute approximate surface area is 131 Å². The Balaban J connectivity index is 2.20. The van der Waals surface area contributed by atoms with Crippen molar-refractivity contribution in [1.82, 2.24) is 4.98 Å². The minimum absolute atomic E-state index is 0.309. The number of hydrogen-bond acceptors (Lipinski definition) is 3. The number of fused-ring (bicyclic) bond motifs is 1. The Bertz CT molecular complexity index is 872. The minimum Gasteiger partial charge on any atom is -0.454 e. The van der Waals surface area contributed by atoms with E-state index in [0.717, 1.165) is 10.9 Å². The lowest BCUT2D eigenvalue weighted by Crippen LogP contribution is -1.93. The molecule has 0 spiro atoms. The molecule has 3 rings (SSSR count). The van der Waals surface area contributed by atoms with Crippen molar-refractivity contribution < 1.29 is 4.74 Å². The monoisotopic (exact) mass is 314 g/mol. The van der Waals surface area contributed by atoms with Crippen molar-refractivity contribution in [3.05, 3.63) is 64.3 Å². The fraction of sp³-hybridized carbons (Fsp3) is 0. The van der Waals surface area contributed by atoms with Crippen molar-refractivity contribution in [3.8, 4) is 17.6 Å². The first kappa shape index (κ1) is 13.7. The highest BCUT2D eigenvalue weighted by atomic mass is 35.5. The van der Waals surface area contributed by atoms with E-state index in [2.05, 4.69) is 11.1 Å². The van der Waals surface area contributed by atoms with Gasteiger partial charge in [-0.2, -0.15) is 5.26 Å². The zero-order valence-electron chi connectivity index (χ0n) is 10.7. The molecule has 5 heteroatoms. The van der Waals surface area contributed by atoms with Crippen LogP contribution in [0.1, 0.15) is 5.56 Å². The van der Waals surface area contributed by atoms with Crippen LogP contribution in [0.4, 0.5) is 0 Å². The summed E-state index contributed by atoms with van der Waals surface area (Å²) in [6.07, 6.45) is 1.48. The lowest BCUT2D eigenvalue weighted by molar-refractivity contribution is 0.486. The second-order valence-electron chi connectivity index (χ2n) is 4.28. The van der Waals surface area contributed by atoms with Crippen LogP contribution in [0.15, 0.2) is 48.7 Å². The summed E-state index contributed by atoms with van der Waals surface area (Å²) in [5, 5.41) is 10.7. The standard InChI is InChI=1S/C16H8Cl2N2O/c17-12-5-3-7-14(15(12)18)21-16-10(8-19)9-20-13-6-2-1-4-11(13)16/h1-7,9H. The summed E-state index contributed by atoms with van der Waals surface area (Å²) in [4.78, 5) is 4.23. The minimum atomic E-state index is 0.309. The summed E-state index contributed by atoms with van der Waals surface area (Å²) >= 11 is 12.1. The molecule has 1 heterocycles. The van der Waals surface area contributed by atoms with E-state index in [9.17, 15) is 5.26 Å². The number of nitriles is 1. The molecule has 21 heavy (non-hydrogen) atoms. The number of hydrogen-bond donors (Lipinski definition) is 0. The van der Waals surface area contributed by atoms with Gasteiger partial charge in [-0.1, -0.05) is 41.4 Å². The molecule has 0 unspecified atom stereocenters. The number of halogens is 2. The van der Waals surface area contributed by atoms with Crippen LogP contribution in [0.25, 0.3) is 10.9 Å². The topological polar surface area (TPSA) is 45.9 Å². The summed E-state index contributed by atoms with van der Waals surface area (Å²) in [6.45, 7) is 0. The normalized spacial score (nSPS) is 10.3. The van der Waals surface area contributed by atoms with Gasteiger partial charge in [-0.15, -0.1) is 0 Å². The van der Waals surface area contributed by atoms with E-state index >= 15 is 0 Å². The van der Waals surface area contributed by atoms with Gasteiger partial charge in [-0.05, 0) is 24.3 Å². The molecule has 0 amide bonds. The third-order valence-electron chi connectivity index (χ3n) is 2.97. The number of aromatic nitrogens is 1. The zero-order chi connectivity index (χ0) is 14.8. The van der Waals surface area contributed by atoms with E-state index in [4.69, 9.17) is 27.9 Å². The average Bonchev–Trinajstić information content (AvgIpc) is 2.52. The summed E-state index contributed by atoms with van der Waals surface area (Å²) in [5.41, 5.74) is 1.08. The Morgan fingerprint density at radius 2 is 1.86 bits per heavy atom. The number of rotatable bonds is 2. The van der Waals surface area contributed by atoms with E-state index in [-0.39, 0.29) is 0 Å². The van der Waals surface area contributed by atoms with Gasteiger partial charge in [0.05, 0.1) is 10.5 Å². The van der Waals surface area contributed by atoms with E-state index in [1.807, 2.05) is 24.3 Å². The van der Waals surface area contributed by atoms with Crippen molar-refractivity contribution in [2.75, 3.05) is 0 Å². The van der Waals surface area contributed by atoms with Gasteiger partial charge < -0.3 is 4.74 Å². The third-order valence-corrected chi connectivity index (χ3v) is 3.78. The SMILES string of the molecule is N#Cc1cnc2ccccc2c1Oc1cccc(Cl)c1Cl. The number of pyridine rings is 1. The van der Waals surface area contributed by atoms with E-state index in [1.54, 1.807) is 18.2 Å². The lowest BCUT2D eigenvalue weighted by Gasteiger charge is -2.12. The van der Waals surface area contributed by atoms with Gasteiger partial charge in [0, 0.05) is 11.6 Å². The predicted octanol–water partition coefficient (Wildman–Crippen LogP) is 5.21. The molecule has 0 saturated heterocycles. The fourth-order valence-corrected chi connectivity index (χ4v) is 2.31. The van der Waals surface area contributed by atoms with Gasteiger partial charge in [0.1, 0.15) is 22.4 Å². The Morgan fingerprint density at radius 1 is 1.05 bits per heavy atom. The van der Waals surface area contributed by atoms with Gasteiger partial charge in [-0.3, -0.25) is 4.98 Å². The second kappa shape index (κ2) is 5.61. The maximum absolute atomic E-state index is 9.25. The van der Waals surface area contributed by atoms with E-state index in [0.29, 0.717) is 27.1 Å². The van der Waals surface area contributed by atoms with Crippen LogP contribution in [0, 0.1) is 11.3 Å². The molecule has 3 nitrogen and oxygen atoms in total. The Kier molecular flexibility index (Phi) is 3.66. The molecule has 0 aliphatic heterocycles. The lowest BCUT2D eigenvalue weighted by atomic mass is 10.1. The molecule has 0 bridgehead atoms. The second-order valence-corrected chi connectivity index (χ2v) is 5.07. The molecule has 0 fully saturated rings. The molecule has 0 aliphatic carbocycles. The van der Waals surface area contributed by atoms with Gasteiger partial charge in [0.15, 0.2) is 5.75 Å². The third kappa shape index (κ3) is 2.52. The molecule has 2 aromatic carbocycles. The molecule has 0 atom stereocenters. The molecule has 0 radical (unpaired) electrons. The number of nitrogens with zero attached hydrogens (tertiary/aromatic N) is 2. The van der Waals surface area contributed by atoms with Crippen LogP contribution in [-0.2, 0) is 0 Å². The van der Waals surface area contributed by atoms with Crippen molar-refractivity contribution in [1.29, 1.82) is 5.26 Å². The molecule has 102 valence electrons. The Morgan fingerprint density at radius 3 is 2.67 bits per heavy atom. The molecular weight excluding hydrogens is 307 g/mol. The maximum Gasteiger partial charge on any atom is 0.156 e. The Hall–Kier alpha value is -2.28. The predicted molar refractivity (Wildman–Crippen MR) is 83.0 cm³/mol. The molecule has 0 N–H and O–H groups in total. The summed E-state index contributed by atoms with van der Waals surface area (Å²) in [6, 6.07) is 14.6. The van der Waals surface area contributed by atoms with Crippen LogP contribution in [0.5, 0.6) is 11.5 Å². The fourth-order valence-electron chi connectivity index (χ4n) is 1.98. The number of para-hydroxylation sites is 1. The van der Waals surface area contributed by atoms with Crippen molar-refractivity contribution in [2.45, 2.75) is 0 Å². The van der Waals surface area contributed by atoms with Crippen molar-refractivity contribution >= 4 is 34.1 Å². The highest BCUT2D eigenvalue weighted by Crippen LogP contribution is 2.38. The largest absolute Gasteiger partial charge is 0.454 e. The average molecular weight is 315 g/mol. The van der Waals surface area contributed by atoms with Gasteiger partial charge >= 0.3 is 0 Å². The summed E-state index contributed by atoms with van der Waals surface area (Å²) < 4.78 is 5.85. The van der Waals surface area contributed by atoms with Crippen LogP contribution in [0.2, 0.25) is 10.0 Å². The molecule has 0 aliphatic rings. The van der Waals surface area contributed by atoms with Crippen LogP contribution in [0.3, 0.4) is 0 Å². The summed E-state index contributed by atoms with van der Waals surface area (Å²) in [7, 11) is 0. The van der Waals surface area contributed by atoms with Crippen LogP contribution >= 0.6 is 23.2 Å². The van der Waals surface area contributed by atoms with Crippen molar-refractivity contribution in [2.24, 2.45) is 0 Å². The van der Waals surface area contributed by atoms with Crippen LogP contribution < -0.4 is 4.74 Å². The summed E-state index contributed by atoms with van der Waals surface area (Å²) in [5.74, 6) is 0.823. The molecule has 3 aromatic rings. The first-order valence-electron chi connectivity index (χ1n) is 6.10. The van der Waals surface area contributed by atoms with Crippen LogP contribution in [-0.4, -0.2) is 4.98 Å². The number of ether oxygens (including phenoxy) is 1. The highest BCUT2D eigenvalue weighted by Gasteiger charge is 2.13. The number of benzene rings is 2. The first-order valence-corrected chi connectivity index (χ1v) is 6.86. The van der Waals surface area contributed by atoms with E-state index < -0.39 is 0 Å². The first-order chi connectivity index (χ1) is 10.2. The highest BCUT2D eigenvalue weighted by molar-refractivity contribution is 6.42. The van der Waals surface area contributed by atoms with Crippen molar-refractivity contribution in [3.63, 3.8) is 0 Å². The zero-order valence-corrected chi connectivity index (χ0v) is 12.2. The van der Waals surface area contributed by atoms with Gasteiger partial charge in [0.25, 0.3) is 0 Å². The van der Waals surface area contributed by atoms with Gasteiger partial charge in [-0.25, -0.2) is 0 Å². The molecular formula is C16H8Cl2N2O.